The van der Waals surface area contributed by atoms with Crippen LogP contribution < -0.4 is 5.73 Å². The fourth-order valence-electron chi connectivity index (χ4n) is 1.77. The zero-order chi connectivity index (χ0) is 12.4. The number of halogens is 1. The average molecular weight is 337 g/mol. The summed E-state index contributed by atoms with van der Waals surface area (Å²) >= 11 is 2.26. The van der Waals surface area contributed by atoms with E-state index in [0.29, 0.717) is 5.56 Å². The van der Waals surface area contributed by atoms with E-state index >= 15 is 0 Å². The number of carbonyl (C=O) groups excluding carboxylic acids is 1. The number of rotatable bonds is 2. The molecule has 0 saturated heterocycles. The lowest BCUT2D eigenvalue weighted by Crippen LogP contribution is -2.13. The molecule has 0 heterocycles. The van der Waals surface area contributed by atoms with Crippen molar-refractivity contribution in [2.45, 2.75) is 6.92 Å². The zero-order valence-electron chi connectivity index (χ0n) is 9.41. The number of aryl methyl sites for hydroxylation is 1. The Bertz CT molecular complexity index is 564. The van der Waals surface area contributed by atoms with Gasteiger partial charge in [0.05, 0.1) is 0 Å². The molecule has 2 nitrogen and oxygen atoms in total. The molecule has 0 atom stereocenters. The van der Waals surface area contributed by atoms with Crippen molar-refractivity contribution in [3.05, 3.63) is 57.2 Å². The third kappa shape index (κ3) is 2.34. The van der Waals surface area contributed by atoms with Crippen molar-refractivity contribution in [2.75, 3.05) is 0 Å². The minimum Gasteiger partial charge on any atom is -0.366 e. The predicted molar refractivity (Wildman–Crippen MR) is 77.8 cm³/mol. The first-order chi connectivity index (χ1) is 8.11. The van der Waals surface area contributed by atoms with Crippen molar-refractivity contribution in [3.8, 4) is 11.1 Å². The first kappa shape index (κ1) is 12.1. The summed E-state index contributed by atoms with van der Waals surface area (Å²) in [7, 11) is 0. The maximum atomic E-state index is 11.5. The van der Waals surface area contributed by atoms with Crippen LogP contribution in [0.25, 0.3) is 11.1 Å². The van der Waals surface area contributed by atoms with Gasteiger partial charge in [-0.25, -0.2) is 0 Å². The molecular weight excluding hydrogens is 325 g/mol. The fraction of sp³-hybridized carbons (Fsp3) is 0.0714. The number of nitrogens with two attached hydrogens (primary N) is 1. The Balaban J connectivity index is 2.74. The van der Waals surface area contributed by atoms with Crippen LogP contribution in [-0.2, 0) is 0 Å². The van der Waals surface area contributed by atoms with Crippen LogP contribution in [0.15, 0.2) is 42.5 Å². The second kappa shape index (κ2) is 4.87. The smallest absolute Gasteiger partial charge is 0.249 e. The summed E-state index contributed by atoms with van der Waals surface area (Å²) < 4.78 is 1.07. The zero-order valence-corrected chi connectivity index (χ0v) is 11.6. The maximum absolute atomic E-state index is 11.5. The number of hydrogen-bond donors (Lipinski definition) is 1. The van der Waals surface area contributed by atoms with Crippen molar-refractivity contribution < 1.29 is 4.79 Å². The second-order valence-electron chi connectivity index (χ2n) is 3.85. The number of carbonyl (C=O) groups is 1. The lowest BCUT2D eigenvalue weighted by atomic mass is 9.97. The normalized spacial score (nSPS) is 10.2. The molecule has 0 saturated carbocycles. The van der Waals surface area contributed by atoms with Crippen molar-refractivity contribution in [3.63, 3.8) is 0 Å². The molecule has 0 aliphatic heterocycles. The van der Waals surface area contributed by atoms with Gasteiger partial charge in [0.25, 0.3) is 0 Å². The summed E-state index contributed by atoms with van der Waals surface area (Å²) in [4.78, 5) is 11.5. The Morgan fingerprint density at radius 2 is 1.76 bits per heavy atom. The van der Waals surface area contributed by atoms with Crippen LogP contribution in [0.1, 0.15) is 15.9 Å². The molecule has 0 aromatic heterocycles. The maximum Gasteiger partial charge on any atom is 0.249 e. The molecule has 0 radical (unpaired) electrons. The molecule has 17 heavy (non-hydrogen) atoms. The van der Waals surface area contributed by atoms with Crippen LogP contribution in [0.5, 0.6) is 0 Å². The molecule has 0 bridgehead atoms. The summed E-state index contributed by atoms with van der Waals surface area (Å²) in [6.45, 7) is 2.03. The third-order valence-electron chi connectivity index (χ3n) is 2.66. The van der Waals surface area contributed by atoms with Crippen LogP contribution in [0, 0.1) is 10.5 Å². The molecule has 0 unspecified atom stereocenters. The van der Waals surface area contributed by atoms with E-state index in [1.807, 2.05) is 43.3 Å². The van der Waals surface area contributed by atoms with E-state index in [9.17, 15) is 4.79 Å². The van der Waals surface area contributed by atoms with Gasteiger partial charge >= 0.3 is 0 Å². The quantitative estimate of drug-likeness (QED) is 0.839. The molecule has 2 N–H and O–H groups in total. The molecule has 1 amide bonds. The van der Waals surface area contributed by atoms with Gasteiger partial charge in [0, 0.05) is 14.7 Å². The van der Waals surface area contributed by atoms with Crippen LogP contribution in [0.2, 0.25) is 0 Å². The number of benzene rings is 2. The van der Waals surface area contributed by atoms with Gasteiger partial charge in [-0.15, -0.1) is 0 Å². The highest BCUT2D eigenvalue weighted by Gasteiger charge is 2.14. The minimum atomic E-state index is -0.387. The van der Waals surface area contributed by atoms with Gasteiger partial charge in [-0.1, -0.05) is 36.4 Å². The monoisotopic (exact) mass is 337 g/mol. The summed E-state index contributed by atoms with van der Waals surface area (Å²) in [6.07, 6.45) is 0. The SMILES string of the molecule is Cc1ccc(C(N)=O)c(-c2ccccc2)c1I. The summed E-state index contributed by atoms with van der Waals surface area (Å²) in [6, 6.07) is 13.6. The van der Waals surface area contributed by atoms with Gasteiger partial charge in [0.1, 0.15) is 0 Å². The van der Waals surface area contributed by atoms with E-state index < -0.39 is 0 Å². The topological polar surface area (TPSA) is 43.1 Å². The van der Waals surface area contributed by atoms with Crippen molar-refractivity contribution >= 4 is 28.5 Å². The molecule has 86 valence electrons. The van der Waals surface area contributed by atoms with Crippen molar-refractivity contribution in [1.82, 2.24) is 0 Å². The largest absolute Gasteiger partial charge is 0.366 e. The summed E-state index contributed by atoms with van der Waals surface area (Å²) in [5.74, 6) is -0.387. The second-order valence-corrected chi connectivity index (χ2v) is 4.93. The molecule has 0 aliphatic carbocycles. The Morgan fingerprint density at radius 3 is 2.35 bits per heavy atom. The van der Waals surface area contributed by atoms with Gasteiger partial charge in [0.2, 0.25) is 5.91 Å². The molecule has 3 heteroatoms. The highest BCUT2D eigenvalue weighted by atomic mass is 127. The minimum absolute atomic E-state index is 0.387. The highest BCUT2D eigenvalue weighted by molar-refractivity contribution is 14.1. The van der Waals surface area contributed by atoms with E-state index in [4.69, 9.17) is 5.73 Å². The number of primary amides is 1. The number of hydrogen-bond acceptors (Lipinski definition) is 1. The molecular formula is C14H12INO. The van der Waals surface area contributed by atoms with Crippen LogP contribution >= 0.6 is 22.6 Å². The van der Waals surface area contributed by atoms with E-state index in [0.717, 1.165) is 20.3 Å². The van der Waals surface area contributed by atoms with Crippen LogP contribution in [0.4, 0.5) is 0 Å². The lowest BCUT2D eigenvalue weighted by Gasteiger charge is -2.11. The molecule has 2 aromatic carbocycles. The first-order valence-corrected chi connectivity index (χ1v) is 6.33. The van der Waals surface area contributed by atoms with Crippen LogP contribution in [0.3, 0.4) is 0 Å². The van der Waals surface area contributed by atoms with Gasteiger partial charge in [-0.05, 0) is 46.7 Å². The summed E-state index contributed by atoms with van der Waals surface area (Å²) in [5.41, 5.74) is 9.10. The Morgan fingerprint density at radius 1 is 1.12 bits per heavy atom. The third-order valence-corrected chi connectivity index (χ3v) is 4.05. The Kier molecular flexibility index (Phi) is 3.47. The Hall–Kier alpha value is -1.36. The standard InChI is InChI=1S/C14H12INO/c1-9-7-8-11(14(16)17)12(13(9)15)10-5-3-2-4-6-10/h2-8H,1H3,(H2,16,17). The van der Waals surface area contributed by atoms with E-state index in [1.165, 1.54) is 0 Å². The Labute approximate surface area is 114 Å². The van der Waals surface area contributed by atoms with Gasteiger partial charge in [-0.3, -0.25) is 4.79 Å². The van der Waals surface area contributed by atoms with Gasteiger partial charge in [-0.2, -0.15) is 0 Å². The van der Waals surface area contributed by atoms with Crippen molar-refractivity contribution in [1.29, 1.82) is 0 Å². The van der Waals surface area contributed by atoms with E-state index in [-0.39, 0.29) is 5.91 Å². The molecule has 0 fully saturated rings. The first-order valence-electron chi connectivity index (χ1n) is 5.25. The number of amides is 1. The highest BCUT2D eigenvalue weighted by Crippen LogP contribution is 2.30. The van der Waals surface area contributed by atoms with E-state index in [1.54, 1.807) is 6.07 Å². The lowest BCUT2D eigenvalue weighted by molar-refractivity contribution is 0.100. The molecule has 0 spiro atoms. The fourth-order valence-corrected chi connectivity index (χ4v) is 2.55. The van der Waals surface area contributed by atoms with Gasteiger partial charge < -0.3 is 5.73 Å². The van der Waals surface area contributed by atoms with Crippen LogP contribution in [-0.4, -0.2) is 5.91 Å². The molecule has 2 rings (SSSR count). The molecule has 0 aliphatic rings. The summed E-state index contributed by atoms with van der Waals surface area (Å²) in [5, 5.41) is 0. The van der Waals surface area contributed by atoms with Crippen molar-refractivity contribution in [2.24, 2.45) is 5.73 Å². The predicted octanol–water partition coefficient (Wildman–Crippen LogP) is 3.37. The van der Waals surface area contributed by atoms with Gasteiger partial charge in [0.15, 0.2) is 0 Å². The average Bonchev–Trinajstić information content (AvgIpc) is 2.33. The molecule has 2 aromatic rings. The van der Waals surface area contributed by atoms with E-state index in [2.05, 4.69) is 22.6 Å².